The van der Waals surface area contributed by atoms with Crippen LogP contribution in [0.25, 0.3) is 10.9 Å². The van der Waals surface area contributed by atoms with Crippen LogP contribution >= 0.6 is 0 Å². The highest BCUT2D eigenvalue weighted by Crippen LogP contribution is 2.19. The molecule has 6 nitrogen and oxygen atoms in total. The molecule has 4 rings (SSSR count). The van der Waals surface area contributed by atoms with E-state index in [9.17, 15) is 9.59 Å². The zero-order valence-corrected chi connectivity index (χ0v) is 15.7. The lowest BCUT2D eigenvalue weighted by molar-refractivity contribution is -0.130. The molecule has 0 bridgehead atoms. The van der Waals surface area contributed by atoms with Gasteiger partial charge in [0.15, 0.2) is 0 Å². The summed E-state index contributed by atoms with van der Waals surface area (Å²) >= 11 is 0. The Hall–Kier alpha value is -3.15. The number of rotatable bonds is 6. The summed E-state index contributed by atoms with van der Waals surface area (Å²) in [6, 6.07) is 17.0. The topological polar surface area (TPSA) is 64.4 Å². The van der Waals surface area contributed by atoms with Crippen molar-refractivity contribution in [2.75, 3.05) is 13.1 Å². The van der Waals surface area contributed by atoms with E-state index in [1.165, 1.54) is 0 Å². The molecular formula is C22H23N3O3. The molecule has 1 aliphatic rings. The van der Waals surface area contributed by atoms with E-state index >= 15 is 0 Å². The number of nitrogens with zero attached hydrogens (tertiary/aromatic N) is 3. The lowest BCUT2D eigenvalue weighted by Crippen LogP contribution is -2.31. The highest BCUT2D eigenvalue weighted by Gasteiger charge is 2.27. The van der Waals surface area contributed by atoms with Gasteiger partial charge in [0.25, 0.3) is 5.56 Å². The maximum Gasteiger partial charge on any atom is 0.261 e. The first kappa shape index (κ1) is 18.2. The summed E-state index contributed by atoms with van der Waals surface area (Å²) in [7, 11) is 0. The van der Waals surface area contributed by atoms with E-state index in [1.54, 1.807) is 17.0 Å². The normalized spacial score (nSPS) is 16.4. The van der Waals surface area contributed by atoms with Crippen LogP contribution in [-0.4, -0.2) is 39.6 Å². The molecule has 0 aliphatic carbocycles. The van der Waals surface area contributed by atoms with Crippen molar-refractivity contribution in [2.45, 2.75) is 31.9 Å². The molecule has 1 atom stereocenters. The zero-order chi connectivity index (χ0) is 19.3. The van der Waals surface area contributed by atoms with E-state index in [0.717, 1.165) is 12.2 Å². The summed E-state index contributed by atoms with van der Waals surface area (Å²) < 4.78 is 7.52. The molecule has 1 aliphatic heterocycles. The van der Waals surface area contributed by atoms with Crippen molar-refractivity contribution in [3.05, 3.63) is 71.3 Å². The minimum atomic E-state index is -0.0597. The van der Waals surface area contributed by atoms with E-state index in [4.69, 9.17) is 4.74 Å². The highest BCUT2D eigenvalue weighted by molar-refractivity contribution is 5.77. The second-order valence-electron chi connectivity index (χ2n) is 7.05. The van der Waals surface area contributed by atoms with Gasteiger partial charge in [-0.25, -0.2) is 4.98 Å². The first-order valence-electron chi connectivity index (χ1n) is 9.64. The van der Waals surface area contributed by atoms with Gasteiger partial charge < -0.3 is 9.64 Å². The molecule has 6 heteroatoms. The summed E-state index contributed by atoms with van der Waals surface area (Å²) in [5.74, 6) is 0.950. The minimum absolute atomic E-state index is 0.0404. The largest absolute Gasteiger partial charge is 0.489 e. The Balaban J connectivity index is 1.28. The Morgan fingerprint density at radius 3 is 2.75 bits per heavy atom. The van der Waals surface area contributed by atoms with Crippen molar-refractivity contribution in [1.82, 2.24) is 14.5 Å². The van der Waals surface area contributed by atoms with Crippen LogP contribution in [0.5, 0.6) is 5.75 Å². The lowest BCUT2D eigenvalue weighted by atomic mass is 10.2. The van der Waals surface area contributed by atoms with Gasteiger partial charge in [0.1, 0.15) is 11.9 Å². The van der Waals surface area contributed by atoms with Gasteiger partial charge in [0.2, 0.25) is 5.91 Å². The second-order valence-corrected chi connectivity index (χ2v) is 7.05. The predicted octanol–water partition coefficient (Wildman–Crippen LogP) is 2.86. The summed E-state index contributed by atoms with van der Waals surface area (Å²) in [6.07, 6.45) is 3.47. The van der Waals surface area contributed by atoms with Crippen molar-refractivity contribution >= 4 is 16.8 Å². The molecule has 144 valence electrons. The molecule has 1 saturated heterocycles. The molecule has 0 N–H and O–H groups in total. The third-order valence-electron chi connectivity index (χ3n) is 5.06. The Morgan fingerprint density at radius 1 is 1.11 bits per heavy atom. The van der Waals surface area contributed by atoms with Gasteiger partial charge >= 0.3 is 0 Å². The number of likely N-dealkylation sites (tertiary alicyclic amines) is 1. The average Bonchev–Trinajstić information content (AvgIpc) is 3.19. The number of aromatic nitrogens is 2. The smallest absolute Gasteiger partial charge is 0.261 e. The minimum Gasteiger partial charge on any atom is -0.489 e. The molecule has 1 unspecified atom stereocenters. The molecule has 2 heterocycles. The molecule has 2 aromatic carbocycles. The molecule has 1 amide bonds. The van der Waals surface area contributed by atoms with Gasteiger partial charge in [-0.1, -0.05) is 30.3 Å². The van der Waals surface area contributed by atoms with E-state index in [0.29, 0.717) is 43.4 Å². The van der Waals surface area contributed by atoms with Crippen LogP contribution < -0.4 is 10.3 Å². The van der Waals surface area contributed by atoms with Crippen LogP contribution in [0, 0.1) is 0 Å². The second kappa shape index (κ2) is 8.25. The number of amides is 1. The van der Waals surface area contributed by atoms with Crippen LogP contribution in [0.15, 0.2) is 65.7 Å². The van der Waals surface area contributed by atoms with E-state index < -0.39 is 0 Å². The fraction of sp³-hybridized carbons (Fsp3) is 0.318. The summed E-state index contributed by atoms with van der Waals surface area (Å²) in [6.45, 7) is 1.82. The van der Waals surface area contributed by atoms with Crippen LogP contribution in [0.1, 0.15) is 19.3 Å². The lowest BCUT2D eigenvalue weighted by Gasteiger charge is -2.17. The number of aryl methyl sites for hydroxylation is 1. The SMILES string of the molecule is O=C(CCCn1cnc2ccccc2c1=O)N1CCC(Oc2ccccc2)C1. The standard InChI is InChI=1S/C22H23N3O3/c26-21(24-14-12-18(15-24)28-17-7-2-1-3-8-17)11-6-13-25-16-23-20-10-5-4-9-19(20)22(25)27/h1-5,7-10,16,18H,6,11-15H2. The number of fused-ring (bicyclic) bond motifs is 1. The Labute approximate surface area is 163 Å². The molecule has 1 aromatic heterocycles. The van der Waals surface area contributed by atoms with Gasteiger partial charge in [-0.15, -0.1) is 0 Å². The highest BCUT2D eigenvalue weighted by atomic mass is 16.5. The monoisotopic (exact) mass is 377 g/mol. The number of hydrogen-bond donors (Lipinski definition) is 0. The average molecular weight is 377 g/mol. The fourth-order valence-corrected chi connectivity index (χ4v) is 3.57. The van der Waals surface area contributed by atoms with Gasteiger partial charge in [0.05, 0.1) is 23.8 Å². The molecule has 28 heavy (non-hydrogen) atoms. The number of hydrogen-bond acceptors (Lipinski definition) is 4. The molecular weight excluding hydrogens is 354 g/mol. The number of carbonyl (C=O) groups excluding carboxylic acids is 1. The molecule has 0 spiro atoms. The fourth-order valence-electron chi connectivity index (χ4n) is 3.57. The number of para-hydroxylation sites is 2. The predicted molar refractivity (Wildman–Crippen MR) is 107 cm³/mol. The Kier molecular flexibility index (Phi) is 5.37. The first-order chi connectivity index (χ1) is 13.7. The number of ether oxygens (including phenoxy) is 1. The van der Waals surface area contributed by atoms with Crippen LogP contribution in [0.3, 0.4) is 0 Å². The zero-order valence-electron chi connectivity index (χ0n) is 15.7. The number of benzene rings is 2. The Bertz CT molecular complexity index is 1020. The summed E-state index contributed by atoms with van der Waals surface area (Å²) in [4.78, 5) is 31.2. The van der Waals surface area contributed by atoms with E-state index in [2.05, 4.69) is 4.98 Å². The summed E-state index contributed by atoms with van der Waals surface area (Å²) in [5.41, 5.74) is 0.636. The van der Waals surface area contributed by atoms with Crippen LogP contribution in [0.2, 0.25) is 0 Å². The van der Waals surface area contributed by atoms with Crippen LogP contribution in [0.4, 0.5) is 0 Å². The van der Waals surface area contributed by atoms with E-state index in [-0.39, 0.29) is 17.6 Å². The molecule has 1 fully saturated rings. The van der Waals surface area contributed by atoms with Gasteiger partial charge in [0, 0.05) is 25.9 Å². The van der Waals surface area contributed by atoms with Gasteiger partial charge in [-0.3, -0.25) is 14.2 Å². The molecule has 0 radical (unpaired) electrons. The van der Waals surface area contributed by atoms with E-state index in [1.807, 2.05) is 53.4 Å². The maximum atomic E-state index is 12.5. The van der Waals surface area contributed by atoms with Gasteiger partial charge in [-0.05, 0) is 30.7 Å². The molecule has 0 saturated carbocycles. The maximum absolute atomic E-state index is 12.5. The van der Waals surface area contributed by atoms with Crippen LogP contribution in [-0.2, 0) is 11.3 Å². The van der Waals surface area contributed by atoms with Crippen molar-refractivity contribution in [3.63, 3.8) is 0 Å². The van der Waals surface area contributed by atoms with Crippen molar-refractivity contribution < 1.29 is 9.53 Å². The summed E-state index contributed by atoms with van der Waals surface area (Å²) in [5, 5.41) is 0.608. The van der Waals surface area contributed by atoms with Crippen molar-refractivity contribution in [1.29, 1.82) is 0 Å². The Morgan fingerprint density at radius 2 is 1.89 bits per heavy atom. The molecule has 3 aromatic rings. The number of carbonyl (C=O) groups is 1. The third-order valence-corrected chi connectivity index (χ3v) is 5.06. The third kappa shape index (κ3) is 4.06. The van der Waals surface area contributed by atoms with Gasteiger partial charge in [-0.2, -0.15) is 0 Å². The van der Waals surface area contributed by atoms with Crippen molar-refractivity contribution in [3.8, 4) is 5.75 Å². The quantitative estimate of drug-likeness (QED) is 0.663. The first-order valence-corrected chi connectivity index (χ1v) is 9.64. The van der Waals surface area contributed by atoms with Crippen molar-refractivity contribution in [2.24, 2.45) is 0 Å².